The number of hydrogen-bond acceptors (Lipinski definition) is 2. The van der Waals surface area contributed by atoms with Gasteiger partial charge in [0.15, 0.2) is 0 Å². The molecule has 2 saturated carbocycles. The molecule has 2 rings (SSSR count). The van der Waals surface area contributed by atoms with E-state index < -0.39 is 0 Å². The van der Waals surface area contributed by atoms with E-state index in [1.807, 2.05) is 0 Å². The van der Waals surface area contributed by atoms with Crippen LogP contribution in [0.5, 0.6) is 0 Å². The SMILES string of the molecule is CN(CC1CC1)CC1(CNC(C)(C)C)CCCCC1. The number of nitrogens with zero attached hydrogens (tertiary/aromatic N) is 1. The molecule has 112 valence electrons. The lowest BCUT2D eigenvalue weighted by molar-refractivity contribution is 0.106. The van der Waals surface area contributed by atoms with Crippen LogP contribution < -0.4 is 5.32 Å². The first-order chi connectivity index (χ1) is 8.89. The van der Waals surface area contributed by atoms with Crippen molar-refractivity contribution in [3.63, 3.8) is 0 Å². The summed E-state index contributed by atoms with van der Waals surface area (Å²) in [6, 6.07) is 0. The standard InChI is InChI=1S/C17H34N2/c1-16(2,3)18-13-17(10-6-5-7-11-17)14-19(4)12-15-8-9-15/h15,18H,5-14H2,1-4H3. The maximum absolute atomic E-state index is 3.78. The molecule has 2 heteroatoms. The minimum absolute atomic E-state index is 0.250. The monoisotopic (exact) mass is 266 g/mol. The number of hydrogen-bond donors (Lipinski definition) is 1. The highest BCUT2D eigenvalue weighted by Crippen LogP contribution is 2.38. The minimum Gasteiger partial charge on any atom is -0.311 e. The smallest absolute Gasteiger partial charge is 0.00967 e. The van der Waals surface area contributed by atoms with E-state index in [0.29, 0.717) is 5.41 Å². The molecular formula is C17H34N2. The first kappa shape index (κ1) is 15.3. The fourth-order valence-electron chi connectivity index (χ4n) is 3.52. The maximum atomic E-state index is 3.78. The van der Waals surface area contributed by atoms with Gasteiger partial charge in [0.05, 0.1) is 0 Å². The van der Waals surface area contributed by atoms with Gasteiger partial charge in [-0.3, -0.25) is 0 Å². The normalized spacial score (nSPS) is 23.8. The van der Waals surface area contributed by atoms with E-state index in [-0.39, 0.29) is 5.54 Å². The summed E-state index contributed by atoms with van der Waals surface area (Å²) in [7, 11) is 2.34. The summed E-state index contributed by atoms with van der Waals surface area (Å²) < 4.78 is 0. The van der Waals surface area contributed by atoms with Gasteiger partial charge in [0.1, 0.15) is 0 Å². The Morgan fingerprint density at radius 1 is 1.11 bits per heavy atom. The summed E-state index contributed by atoms with van der Waals surface area (Å²) in [5.41, 5.74) is 0.786. The van der Waals surface area contributed by atoms with Crippen molar-refractivity contribution in [2.45, 2.75) is 71.3 Å². The van der Waals surface area contributed by atoms with Gasteiger partial charge in [-0.05, 0) is 64.8 Å². The predicted molar refractivity (Wildman–Crippen MR) is 83.5 cm³/mol. The van der Waals surface area contributed by atoms with Crippen molar-refractivity contribution in [1.29, 1.82) is 0 Å². The van der Waals surface area contributed by atoms with Gasteiger partial charge in [-0.25, -0.2) is 0 Å². The van der Waals surface area contributed by atoms with Crippen molar-refractivity contribution in [2.24, 2.45) is 11.3 Å². The summed E-state index contributed by atoms with van der Waals surface area (Å²) in [6.45, 7) is 10.7. The Morgan fingerprint density at radius 2 is 1.74 bits per heavy atom. The van der Waals surface area contributed by atoms with Crippen LogP contribution in [0.25, 0.3) is 0 Å². The average Bonchev–Trinajstić information content (AvgIpc) is 3.11. The van der Waals surface area contributed by atoms with Gasteiger partial charge in [0, 0.05) is 25.2 Å². The second-order valence-corrected chi connectivity index (χ2v) is 8.30. The fourth-order valence-corrected chi connectivity index (χ4v) is 3.52. The molecule has 0 amide bonds. The Kier molecular flexibility index (Phi) is 4.94. The molecule has 0 spiro atoms. The molecule has 0 aromatic carbocycles. The largest absolute Gasteiger partial charge is 0.311 e. The van der Waals surface area contributed by atoms with Crippen LogP contribution in [-0.2, 0) is 0 Å². The molecule has 0 aromatic rings. The molecule has 2 aliphatic rings. The van der Waals surface area contributed by atoms with Crippen LogP contribution in [0.1, 0.15) is 65.7 Å². The molecule has 2 nitrogen and oxygen atoms in total. The zero-order chi connectivity index (χ0) is 13.9. The zero-order valence-electron chi connectivity index (χ0n) is 13.6. The second kappa shape index (κ2) is 6.13. The molecule has 0 unspecified atom stereocenters. The molecule has 0 aliphatic heterocycles. The highest BCUT2D eigenvalue weighted by atomic mass is 15.1. The molecular weight excluding hydrogens is 232 g/mol. The van der Waals surface area contributed by atoms with Gasteiger partial charge >= 0.3 is 0 Å². The van der Waals surface area contributed by atoms with Gasteiger partial charge in [0.2, 0.25) is 0 Å². The van der Waals surface area contributed by atoms with Gasteiger partial charge in [-0.1, -0.05) is 19.3 Å². The average molecular weight is 266 g/mol. The van der Waals surface area contributed by atoms with Crippen molar-refractivity contribution in [1.82, 2.24) is 10.2 Å². The second-order valence-electron chi connectivity index (χ2n) is 8.30. The van der Waals surface area contributed by atoms with Crippen LogP contribution in [0.15, 0.2) is 0 Å². The molecule has 0 aromatic heterocycles. The first-order valence-electron chi connectivity index (χ1n) is 8.32. The maximum Gasteiger partial charge on any atom is 0.00967 e. The Bertz CT molecular complexity index is 269. The predicted octanol–water partition coefficient (Wildman–Crippen LogP) is 3.67. The summed E-state index contributed by atoms with van der Waals surface area (Å²) in [6.07, 6.45) is 10.1. The third-order valence-corrected chi connectivity index (χ3v) is 4.78. The third kappa shape index (κ3) is 5.43. The lowest BCUT2D eigenvalue weighted by atomic mass is 9.73. The van der Waals surface area contributed by atoms with Crippen molar-refractivity contribution < 1.29 is 0 Å². The lowest BCUT2D eigenvalue weighted by Crippen LogP contribution is -2.49. The Labute approximate surface area is 120 Å². The topological polar surface area (TPSA) is 15.3 Å². The molecule has 0 bridgehead atoms. The van der Waals surface area contributed by atoms with Gasteiger partial charge in [0.25, 0.3) is 0 Å². The Morgan fingerprint density at radius 3 is 2.26 bits per heavy atom. The summed E-state index contributed by atoms with van der Waals surface area (Å²) in [4.78, 5) is 2.62. The van der Waals surface area contributed by atoms with Crippen LogP contribution >= 0.6 is 0 Å². The lowest BCUT2D eigenvalue weighted by Gasteiger charge is -2.42. The highest BCUT2D eigenvalue weighted by Gasteiger charge is 2.35. The Balaban J connectivity index is 1.88. The molecule has 1 N–H and O–H groups in total. The minimum atomic E-state index is 0.250. The van der Waals surface area contributed by atoms with Crippen LogP contribution in [0.3, 0.4) is 0 Å². The number of nitrogens with one attached hydrogen (secondary N) is 1. The van der Waals surface area contributed by atoms with Crippen molar-refractivity contribution in [2.75, 3.05) is 26.7 Å². The summed E-state index contributed by atoms with van der Waals surface area (Å²) >= 11 is 0. The van der Waals surface area contributed by atoms with E-state index in [9.17, 15) is 0 Å². The molecule has 0 heterocycles. The quantitative estimate of drug-likeness (QED) is 0.789. The van der Waals surface area contributed by atoms with Crippen LogP contribution in [-0.4, -0.2) is 37.1 Å². The Hall–Kier alpha value is -0.0800. The number of rotatable bonds is 6. The highest BCUT2D eigenvalue weighted by molar-refractivity contribution is 4.90. The van der Waals surface area contributed by atoms with Crippen molar-refractivity contribution in [3.05, 3.63) is 0 Å². The van der Waals surface area contributed by atoms with Gasteiger partial charge in [-0.2, -0.15) is 0 Å². The van der Waals surface area contributed by atoms with Crippen molar-refractivity contribution in [3.8, 4) is 0 Å². The third-order valence-electron chi connectivity index (χ3n) is 4.78. The van der Waals surface area contributed by atoms with Gasteiger partial charge < -0.3 is 10.2 Å². The fraction of sp³-hybridized carbons (Fsp3) is 1.00. The summed E-state index contributed by atoms with van der Waals surface area (Å²) in [5.74, 6) is 1.02. The first-order valence-corrected chi connectivity index (χ1v) is 8.32. The zero-order valence-corrected chi connectivity index (χ0v) is 13.6. The van der Waals surface area contributed by atoms with Gasteiger partial charge in [-0.15, -0.1) is 0 Å². The van der Waals surface area contributed by atoms with E-state index in [0.717, 1.165) is 5.92 Å². The van der Waals surface area contributed by atoms with Crippen LogP contribution in [0, 0.1) is 11.3 Å². The van der Waals surface area contributed by atoms with E-state index in [4.69, 9.17) is 0 Å². The molecule has 0 atom stereocenters. The molecule has 2 aliphatic carbocycles. The van der Waals surface area contributed by atoms with E-state index in [1.54, 1.807) is 0 Å². The van der Waals surface area contributed by atoms with E-state index in [2.05, 4.69) is 38.0 Å². The molecule has 2 fully saturated rings. The molecule has 19 heavy (non-hydrogen) atoms. The molecule has 0 saturated heterocycles. The van der Waals surface area contributed by atoms with Crippen LogP contribution in [0.4, 0.5) is 0 Å². The van der Waals surface area contributed by atoms with Crippen molar-refractivity contribution >= 4 is 0 Å². The molecule has 0 radical (unpaired) electrons. The summed E-state index contributed by atoms with van der Waals surface area (Å²) in [5, 5.41) is 3.78. The van der Waals surface area contributed by atoms with Crippen LogP contribution in [0.2, 0.25) is 0 Å². The van der Waals surface area contributed by atoms with E-state index in [1.165, 1.54) is 64.6 Å². The van der Waals surface area contributed by atoms with E-state index >= 15 is 0 Å².